The van der Waals surface area contributed by atoms with Gasteiger partial charge in [-0.3, -0.25) is 9.59 Å². The maximum atomic E-state index is 13.3. The lowest BCUT2D eigenvalue weighted by atomic mass is 10.1. The molecule has 3 aromatic rings. The lowest BCUT2D eigenvalue weighted by Crippen LogP contribution is -2.30. The molecule has 1 saturated heterocycles. The number of rotatable bonds is 6. The van der Waals surface area contributed by atoms with E-state index in [0.29, 0.717) is 41.3 Å². The van der Waals surface area contributed by atoms with Gasteiger partial charge in [0.1, 0.15) is 0 Å². The number of benzene rings is 2. The van der Waals surface area contributed by atoms with Gasteiger partial charge in [-0.1, -0.05) is 31.0 Å². The third kappa shape index (κ3) is 4.70. The molecule has 1 saturated carbocycles. The Labute approximate surface area is 198 Å². The van der Waals surface area contributed by atoms with E-state index in [2.05, 4.69) is 20.2 Å². The molecule has 9 heteroatoms. The lowest BCUT2D eigenvalue weighted by Gasteiger charge is -2.17. The molecule has 2 heterocycles. The number of amides is 2. The van der Waals surface area contributed by atoms with E-state index in [4.69, 9.17) is 0 Å². The fraction of sp³-hybridized carbons (Fsp3) is 0.400. The summed E-state index contributed by atoms with van der Waals surface area (Å²) in [5.74, 6) is -0.351. The highest BCUT2D eigenvalue weighted by atomic mass is 32.2. The highest BCUT2D eigenvalue weighted by Gasteiger charge is 2.29. The number of fused-ring (bicyclic) bond motifs is 1. The van der Waals surface area contributed by atoms with Gasteiger partial charge in [0.15, 0.2) is 9.84 Å². The summed E-state index contributed by atoms with van der Waals surface area (Å²) in [7, 11) is -3.01. The summed E-state index contributed by atoms with van der Waals surface area (Å²) in [6.07, 6.45) is 6.72. The molecule has 1 aliphatic heterocycles. The number of sulfone groups is 1. The van der Waals surface area contributed by atoms with Crippen molar-refractivity contribution in [3.8, 4) is 0 Å². The van der Waals surface area contributed by atoms with Crippen molar-refractivity contribution in [3.63, 3.8) is 0 Å². The number of hydrogen-bond acceptors (Lipinski definition) is 5. The Kier molecular flexibility index (Phi) is 6.12. The van der Waals surface area contributed by atoms with Gasteiger partial charge in [0.25, 0.3) is 11.8 Å². The van der Waals surface area contributed by atoms with Crippen molar-refractivity contribution in [2.45, 2.75) is 38.1 Å². The number of aromatic nitrogens is 2. The first-order chi connectivity index (χ1) is 16.4. The van der Waals surface area contributed by atoms with E-state index in [-0.39, 0.29) is 29.2 Å². The third-order valence-electron chi connectivity index (χ3n) is 6.80. The zero-order valence-electron chi connectivity index (χ0n) is 18.9. The Hall–Kier alpha value is -3.20. The minimum atomic E-state index is -3.01. The van der Waals surface area contributed by atoms with Crippen molar-refractivity contribution in [2.75, 3.05) is 23.4 Å². The normalized spacial score (nSPS) is 19.9. The van der Waals surface area contributed by atoms with Gasteiger partial charge in [-0.2, -0.15) is 0 Å². The van der Waals surface area contributed by atoms with E-state index in [1.165, 1.54) is 0 Å². The molecule has 8 nitrogen and oxygen atoms in total. The first-order valence-corrected chi connectivity index (χ1v) is 13.6. The monoisotopic (exact) mass is 480 g/mol. The molecule has 2 amide bonds. The first-order valence-electron chi connectivity index (χ1n) is 11.8. The second-order valence-electron chi connectivity index (χ2n) is 9.28. The summed E-state index contributed by atoms with van der Waals surface area (Å²) in [6, 6.07) is 12.7. The molecule has 0 bridgehead atoms. The predicted molar refractivity (Wildman–Crippen MR) is 131 cm³/mol. The number of imidazole rings is 1. The van der Waals surface area contributed by atoms with Crippen LogP contribution in [0.15, 0.2) is 48.8 Å². The van der Waals surface area contributed by atoms with Crippen LogP contribution in [0.5, 0.6) is 0 Å². The van der Waals surface area contributed by atoms with Gasteiger partial charge in [-0.15, -0.1) is 0 Å². The van der Waals surface area contributed by atoms with E-state index in [1.54, 1.807) is 42.7 Å². The lowest BCUT2D eigenvalue weighted by molar-refractivity contribution is 0.0948. The Balaban J connectivity index is 1.45. The molecule has 0 radical (unpaired) electrons. The summed E-state index contributed by atoms with van der Waals surface area (Å²) in [4.78, 5) is 30.6. The van der Waals surface area contributed by atoms with Crippen LogP contribution >= 0.6 is 0 Å². The SMILES string of the molecule is O=C(Nc1cc(C(=O)NCC2CCS(=O)(=O)C2)c2c(c1)ncn2C1CCCC1)c1ccccc1. The Morgan fingerprint density at radius 1 is 1.03 bits per heavy atom. The number of hydrogen-bond donors (Lipinski definition) is 2. The van der Waals surface area contributed by atoms with Gasteiger partial charge in [-0.25, -0.2) is 13.4 Å². The summed E-state index contributed by atoms with van der Waals surface area (Å²) in [5, 5.41) is 5.82. The standard InChI is InChI=1S/C25H28N4O4S/c30-24(18-6-2-1-3-7-18)28-19-12-21(25(31)26-14-17-10-11-34(32,33)15-17)23-22(13-19)27-16-29(23)20-8-4-5-9-20/h1-3,6-7,12-13,16-17,20H,4-5,8-11,14-15H2,(H,26,31)(H,28,30). The van der Waals surface area contributed by atoms with Crippen molar-refractivity contribution in [1.82, 2.24) is 14.9 Å². The second kappa shape index (κ2) is 9.21. The third-order valence-corrected chi connectivity index (χ3v) is 8.64. The molecule has 1 aliphatic carbocycles. The number of nitrogens with one attached hydrogen (secondary N) is 2. The van der Waals surface area contributed by atoms with E-state index >= 15 is 0 Å². The molecule has 34 heavy (non-hydrogen) atoms. The molecule has 2 N–H and O–H groups in total. The average molecular weight is 481 g/mol. The van der Waals surface area contributed by atoms with E-state index in [0.717, 1.165) is 31.2 Å². The van der Waals surface area contributed by atoms with Crippen LogP contribution in [-0.4, -0.2) is 47.8 Å². The van der Waals surface area contributed by atoms with Gasteiger partial charge in [0.2, 0.25) is 0 Å². The average Bonchev–Trinajstić information content (AvgIpc) is 3.57. The minimum absolute atomic E-state index is 0.0786. The zero-order valence-corrected chi connectivity index (χ0v) is 19.7. The molecular weight excluding hydrogens is 452 g/mol. The van der Waals surface area contributed by atoms with Crippen LogP contribution in [0.1, 0.15) is 58.9 Å². The summed E-state index contributed by atoms with van der Waals surface area (Å²) >= 11 is 0. The largest absolute Gasteiger partial charge is 0.352 e. The molecule has 1 unspecified atom stereocenters. The van der Waals surface area contributed by atoms with Gasteiger partial charge < -0.3 is 15.2 Å². The van der Waals surface area contributed by atoms with Crippen molar-refractivity contribution >= 4 is 38.4 Å². The fourth-order valence-corrected chi connectivity index (χ4v) is 6.90. The Morgan fingerprint density at radius 3 is 2.50 bits per heavy atom. The first kappa shape index (κ1) is 22.6. The van der Waals surface area contributed by atoms with Crippen molar-refractivity contribution < 1.29 is 18.0 Å². The van der Waals surface area contributed by atoms with Crippen LogP contribution in [0.2, 0.25) is 0 Å². The van der Waals surface area contributed by atoms with Crippen LogP contribution < -0.4 is 10.6 Å². The molecule has 2 aliphatic rings. The Morgan fingerprint density at radius 2 is 1.79 bits per heavy atom. The highest BCUT2D eigenvalue weighted by molar-refractivity contribution is 7.91. The summed E-state index contributed by atoms with van der Waals surface area (Å²) in [5.41, 5.74) is 2.85. The predicted octanol–water partition coefficient (Wildman–Crippen LogP) is 3.57. The topological polar surface area (TPSA) is 110 Å². The molecule has 5 rings (SSSR count). The molecule has 0 spiro atoms. The molecule has 2 aromatic carbocycles. The summed E-state index contributed by atoms with van der Waals surface area (Å²) < 4.78 is 25.7. The molecular formula is C25H28N4O4S. The van der Waals surface area contributed by atoms with E-state index in [9.17, 15) is 18.0 Å². The molecule has 1 aromatic heterocycles. The number of nitrogens with zero attached hydrogens (tertiary/aromatic N) is 2. The van der Waals surface area contributed by atoms with Crippen LogP contribution in [0.25, 0.3) is 11.0 Å². The summed E-state index contributed by atoms with van der Waals surface area (Å²) in [6.45, 7) is 0.303. The molecule has 178 valence electrons. The van der Waals surface area contributed by atoms with Crippen molar-refractivity contribution in [3.05, 3.63) is 59.9 Å². The zero-order chi connectivity index (χ0) is 23.7. The highest BCUT2D eigenvalue weighted by Crippen LogP contribution is 2.34. The Bertz CT molecular complexity index is 1330. The molecule has 1 atom stereocenters. The van der Waals surface area contributed by atoms with Gasteiger partial charge >= 0.3 is 0 Å². The van der Waals surface area contributed by atoms with Crippen LogP contribution in [0.4, 0.5) is 5.69 Å². The minimum Gasteiger partial charge on any atom is -0.352 e. The van der Waals surface area contributed by atoms with Crippen molar-refractivity contribution in [1.29, 1.82) is 0 Å². The maximum Gasteiger partial charge on any atom is 0.255 e. The number of carbonyl (C=O) groups is 2. The van der Waals surface area contributed by atoms with Gasteiger partial charge in [0, 0.05) is 23.8 Å². The van der Waals surface area contributed by atoms with Crippen LogP contribution in [-0.2, 0) is 9.84 Å². The van der Waals surface area contributed by atoms with Gasteiger partial charge in [-0.05, 0) is 49.4 Å². The van der Waals surface area contributed by atoms with E-state index < -0.39 is 9.84 Å². The van der Waals surface area contributed by atoms with Crippen molar-refractivity contribution in [2.24, 2.45) is 5.92 Å². The quantitative estimate of drug-likeness (QED) is 0.560. The smallest absolute Gasteiger partial charge is 0.255 e. The maximum absolute atomic E-state index is 13.3. The molecule has 2 fully saturated rings. The van der Waals surface area contributed by atoms with Crippen LogP contribution in [0, 0.1) is 5.92 Å². The van der Waals surface area contributed by atoms with E-state index in [1.807, 2.05) is 6.07 Å². The second-order valence-corrected chi connectivity index (χ2v) is 11.5. The van der Waals surface area contributed by atoms with Crippen LogP contribution in [0.3, 0.4) is 0 Å². The number of anilines is 1. The van der Waals surface area contributed by atoms with Gasteiger partial charge in [0.05, 0.1) is 34.4 Å². The number of carbonyl (C=O) groups excluding carboxylic acids is 2. The fourth-order valence-electron chi connectivity index (χ4n) is 5.03.